The number of carbonyl (C=O) groups is 3. The van der Waals surface area contributed by atoms with Gasteiger partial charge in [0.05, 0.1) is 11.5 Å². The predicted octanol–water partition coefficient (Wildman–Crippen LogP) is 2.99. The normalized spacial score (nSPS) is 51.8. The molecule has 0 radical (unpaired) electrons. The smallest absolute Gasteiger partial charge is 0.335 e. The Morgan fingerprint density at radius 3 is 1.89 bits per heavy atom. The summed E-state index contributed by atoms with van der Waals surface area (Å²) in [4.78, 5) is 36.4. The molecule has 7 aliphatic rings. The van der Waals surface area contributed by atoms with Crippen molar-refractivity contribution in [2.75, 3.05) is 0 Å². The number of aliphatic hydroxyl groups excluding tert-OH is 5. The predicted molar refractivity (Wildman–Crippen MR) is 199 cm³/mol. The van der Waals surface area contributed by atoms with Gasteiger partial charge in [0.1, 0.15) is 36.6 Å². The average molecular weight is 807 g/mol. The monoisotopic (exact) mass is 806 g/mol. The van der Waals surface area contributed by atoms with E-state index in [2.05, 4.69) is 53.7 Å². The van der Waals surface area contributed by atoms with Crippen molar-refractivity contribution in [3.8, 4) is 0 Å². The fraction of sp³-hybridized carbons (Fsp3) is 0.833. The topological polar surface area (TPSA) is 250 Å². The van der Waals surface area contributed by atoms with E-state index in [0.717, 1.165) is 38.5 Å². The fourth-order valence-corrected chi connectivity index (χ4v) is 12.9. The van der Waals surface area contributed by atoms with Crippen molar-refractivity contribution >= 4 is 17.9 Å². The number of ether oxygens (including phenoxy) is 4. The fourth-order valence-electron chi connectivity index (χ4n) is 12.9. The van der Waals surface area contributed by atoms with Crippen LogP contribution in [-0.2, 0) is 33.3 Å². The third-order valence-corrected chi connectivity index (χ3v) is 16.9. The van der Waals surface area contributed by atoms with Gasteiger partial charge in [0.2, 0.25) is 0 Å². The first-order valence-corrected chi connectivity index (χ1v) is 20.5. The summed E-state index contributed by atoms with van der Waals surface area (Å²) >= 11 is 0. The van der Waals surface area contributed by atoms with Crippen molar-refractivity contribution in [3.63, 3.8) is 0 Å². The summed E-state index contributed by atoms with van der Waals surface area (Å²) in [6.07, 6.45) is -7.94. The van der Waals surface area contributed by atoms with E-state index in [1.54, 1.807) is 0 Å². The minimum absolute atomic E-state index is 0.0257. The van der Waals surface area contributed by atoms with Gasteiger partial charge in [-0.2, -0.15) is 0 Å². The van der Waals surface area contributed by atoms with E-state index in [-0.39, 0.29) is 33.5 Å². The lowest BCUT2D eigenvalue weighted by molar-refractivity contribution is -0.371. The number of aliphatic carboxylic acids is 3. The van der Waals surface area contributed by atoms with Gasteiger partial charge in [-0.05, 0) is 109 Å². The maximum absolute atomic E-state index is 12.5. The van der Waals surface area contributed by atoms with Crippen molar-refractivity contribution in [2.45, 2.75) is 174 Å². The first-order chi connectivity index (χ1) is 26.4. The van der Waals surface area contributed by atoms with Gasteiger partial charge in [0, 0.05) is 0 Å². The van der Waals surface area contributed by atoms with Gasteiger partial charge < -0.3 is 59.8 Å². The molecule has 5 fully saturated rings. The minimum atomic E-state index is -2.01. The van der Waals surface area contributed by atoms with Gasteiger partial charge in [-0.3, -0.25) is 4.79 Å². The number of carboxylic acids is 3. The van der Waals surface area contributed by atoms with E-state index < -0.39 is 96.3 Å². The van der Waals surface area contributed by atoms with Crippen LogP contribution in [0.1, 0.15) is 106 Å². The molecule has 320 valence electrons. The van der Waals surface area contributed by atoms with E-state index in [9.17, 15) is 55.2 Å². The number of hydrogen-bond acceptors (Lipinski definition) is 12. The molecule has 3 saturated carbocycles. The molecule has 0 amide bonds. The molecule has 0 bridgehead atoms. The second-order valence-electron chi connectivity index (χ2n) is 20.2. The van der Waals surface area contributed by atoms with E-state index in [4.69, 9.17) is 18.9 Å². The van der Waals surface area contributed by atoms with Crippen LogP contribution in [0.4, 0.5) is 0 Å². The molecular weight excluding hydrogens is 744 g/mol. The molecule has 0 unspecified atom stereocenters. The molecule has 2 aliphatic heterocycles. The van der Waals surface area contributed by atoms with E-state index >= 15 is 0 Å². The maximum Gasteiger partial charge on any atom is 0.335 e. The second-order valence-corrected chi connectivity index (χ2v) is 20.2. The Morgan fingerprint density at radius 2 is 1.28 bits per heavy atom. The first-order valence-electron chi connectivity index (χ1n) is 20.5. The zero-order valence-corrected chi connectivity index (χ0v) is 34.0. The quantitative estimate of drug-likeness (QED) is 0.172. The minimum Gasteiger partial charge on any atom is -0.481 e. The molecule has 8 N–H and O–H groups in total. The largest absolute Gasteiger partial charge is 0.481 e. The van der Waals surface area contributed by atoms with Crippen molar-refractivity contribution in [2.24, 2.45) is 44.3 Å². The summed E-state index contributed by atoms with van der Waals surface area (Å²) in [5, 5.41) is 83.0. The highest BCUT2D eigenvalue weighted by molar-refractivity contribution is 5.75. The standard InChI is InChI=1S/C42H62O15/c1-37(2)21-10-13-42(7)22(9-8-19-20-18-39(4,36(52)53)15-14-38(20,3)16-17-41(19,42)6)40(21,5)12-11-23(37)54-35-31(27(46)26(45)30(56-35)33(50)51)57-34-28(47)24(43)25(44)29(55-34)32(48)49/h8-9,21-31,34-35,43-47H,10-18H2,1-7H3,(H,48,49)(H,50,51)(H,52,53)/t21-,22+,23+,24-,25-,26-,27-,28+,29-,30-,31+,34-,35+,38+,39+,40-,41+,42+/m0/s1. The maximum atomic E-state index is 12.5. The second kappa shape index (κ2) is 14.1. The van der Waals surface area contributed by atoms with E-state index in [1.165, 1.54) is 11.1 Å². The van der Waals surface area contributed by atoms with Crippen LogP contribution >= 0.6 is 0 Å². The number of aliphatic hydroxyl groups is 5. The summed E-state index contributed by atoms with van der Waals surface area (Å²) < 4.78 is 23.5. The van der Waals surface area contributed by atoms with Crippen molar-refractivity contribution in [1.82, 2.24) is 0 Å². The Hall–Kier alpha value is -2.47. The highest BCUT2D eigenvalue weighted by Crippen LogP contribution is 2.74. The van der Waals surface area contributed by atoms with Crippen LogP contribution in [0.15, 0.2) is 23.3 Å². The summed E-state index contributed by atoms with van der Waals surface area (Å²) in [6, 6.07) is 0. The van der Waals surface area contributed by atoms with Crippen LogP contribution < -0.4 is 0 Å². The third kappa shape index (κ3) is 6.27. The Morgan fingerprint density at radius 1 is 0.684 bits per heavy atom. The molecule has 15 heteroatoms. The van der Waals surface area contributed by atoms with Crippen LogP contribution in [0.25, 0.3) is 0 Å². The van der Waals surface area contributed by atoms with Crippen molar-refractivity contribution in [3.05, 3.63) is 23.3 Å². The van der Waals surface area contributed by atoms with Crippen molar-refractivity contribution < 1.29 is 74.2 Å². The van der Waals surface area contributed by atoms with Crippen LogP contribution in [-0.4, -0.2) is 126 Å². The molecule has 5 aliphatic carbocycles. The lowest BCUT2D eigenvalue weighted by Gasteiger charge is -2.69. The third-order valence-electron chi connectivity index (χ3n) is 16.9. The van der Waals surface area contributed by atoms with Crippen LogP contribution in [0.5, 0.6) is 0 Å². The van der Waals surface area contributed by atoms with Gasteiger partial charge in [0.25, 0.3) is 0 Å². The van der Waals surface area contributed by atoms with Crippen LogP contribution in [0.3, 0.4) is 0 Å². The van der Waals surface area contributed by atoms with Gasteiger partial charge in [-0.1, -0.05) is 59.3 Å². The van der Waals surface area contributed by atoms with Gasteiger partial charge in [0.15, 0.2) is 24.8 Å². The number of carboxylic acid groups (broad SMARTS) is 3. The van der Waals surface area contributed by atoms with E-state index in [0.29, 0.717) is 19.3 Å². The van der Waals surface area contributed by atoms with Crippen LogP contribution in [0, 0.1) is 44.3 Å². The molecule has 0 spiro atoms. The first kappa shape index (κ1) is 42.6. The zero-order valence-electron chi connectivity index (χ0n) is 34.0. The number of rotatable bonds is 7. The molecule has 0 aromatic carbocycles. The average Bonchev–Trinajstić information content (AvgIpc) is 3.12. The van der Waals surface area contributed by atoms with Gasteiger partial charge in [-0.15, -0.1) is 0 Å². The number of allylic oxidation sites excluding steroid dienone is 4. The summed E-state index contributed by atoms with van der Waals surface area (Å²) in [7, 11) is 0. The Labute approximate surface area is 333 Å². The molecule has 0 aromatic rings. The molecule has 7 rings (SSSR count). The molecule has 2 saturated heterocycles. The van der Waals surface area contributed by atoms with Gasteiger partial charge >= 0.3 is 17.9 Å². The molecule has 18 atom stereocenters. The molecule has 57 heavy (non-hydrogen) atoms. The zero-order chi connectivity index (χ0) is 42.0. The highest BCUT2D eigenvalue weighted by Gasteiger charge is 2.67. The lowest BCUT2D eigenvalue weighted by atomic mass is 9.35. The van der Waals surface area contributed by atoms with Crippen molar-refractivity contribution in [1.29, 1.82) is 0 Å². The number of hydrogen-bond donors (Lipinski definition) is 8. The van der Waals surface area contributed by atoms with Gasteiger partial charge in [-0.25, -0.2) is 9.59 Å². The Bertz CT molecular complexity index is 1710. The highest BCUT2D eigenvalue weighted by atomic mass is 16.8. The lowest BCUT2D eigenvalue weighted by Crippen LogP contribution is -2.67. The number of fused-ring (bicyclic) bond motifs is 6. The molecule has 15 nitrogen and oxygen atoms in total. The Kier molecular flexibility index (Phi) is 10.5. The molecular formula is C42H62O15. The molecule has 0 aromatic heterocycles. The summed E-state index contributed by atoms with van der Waals surface area (Å²) in [5.41, 5.74) is 0.770. The van der Waals surface area contributed by atoms with Crippen LogP contribution in [0.2, 0.25) is 0 Å². The SMILES string of the molecule is CC1(C)[C@H](O[C@@H]2O[C@H](C(=O)O)[C@@H](O)[C@H](O)[C@H]2O[C@@H]2O[C@H](C(=O)O)[C@@H](O)[C@H](O)[C@H]2O)CC[C@]2(C)[C@H]3C=CC4=C5C[C@](C)(C(=O)O)CC[C@]5(C)CC[C@@]4(C)[C@]3(C)CC[C@@H]12. The Balaban J connectivity index is 1.17. The summed E-state index contributed by atoms with van der Waals surface area (Å²) in [6.45, 7) is 15.6. The van der Waals surface area contributed by atoms with E-state index in [1.807, 2.05) is 6.92 Å². The molecule has 2 heterocycles. The summed E-state index contributed by atoms with van der Waals surface area (Å²) in [5.74, 6) is -3.67.